The van der Waals surface area contributed by atoms with Crippen LogP contribution in [0.15, 0.2) is 42.5 Å². The normalized spacial score (nSPS) is 26.3. The minimum atomic E-state index is -0.804. The van der Waals surface area contributed by atoms with Gasteiger partial charge in [-0.3, -0.25) is 14.9 Å². The van der Waals surface area contributed by atoms with Gasteiger partial charge in [-0.1, -0.05) is 38.4 Å². The lowest BCUT2D eigenvalue weighted by atomic mass is 9.63. The second-order valence-electron chi connectivity index (χ2n) is 11.0. The zero-order chi connectivity index (χ0) is 25.5. The quantitative estimate of drug-likeness (QED) is 0.372. The van der Waals surface area contributed by atoms with Crippen molar-refractivity contribution in [1.29, 1.82) is 0 Å². The van der Waals surface area contributed by atoms with Crippen molar-refractivity contribution in [3.8, 4) is 0 Å². The molecule has 1 amide bonds. The number of carbonyl (C=O) groups is 1. The molecule has 2 atom stereocenters. The van der Waals surface area contributed by atoms with Gasteiger partial charge in [-0.2, -0.15) is 0 Å². The lowest BCUT2D eigenvalue weighted by Gasteiger charge is -2.44. The maximum absolute atomic E-state index is 14.4. The molecule has 2 fully saturated rings. The third-order valence-corrected chi connectivity index (χ3v) is 9.57. The Morgan fingerprint density at radius 2 is 1.69 bits per heavy atom. The van der Waals surface area contributed by atoms with Crippen molar-refractivity contribution in [2.24, 2.45) is 5.41 Å². The van der Waals surface area contributed by atoms with Crippen LogP contribution in [0.2, 0.25) is 5.02 Å². The summed E-state index contributed by atoms with van der Waals surface area (Å²) in [6.45, 7) is 9.19. The third kappa shape index (κ3) is 2.91. The molecule has 0 N–H and O–H groups in total. The largest absolute Gasteiger partial charge is 0.368 e. The summed E-state index contributed by atoms with van der Waals surface area (Å²) in [6.07, 6.45) is 1.56. The molecule has 186 valence electrons. The van der Waals surface area contributed by atoms with Crippen LogP contribution in [0.5, 0.6) is 0 Å². The molecule has 1 saturated carbocycles. The third-order valence-electron chi connectivity index (χ3n) is 9.34. The summed E-state index contributed by atoms with van der Waals surface area (Å²) in [5.74, 6) is 0.0970. The molecule has 0 spiro atoms. The Morgan fingerprint density at radius 3 is 2.39 bits per heavy atom. The number of benzene rings is 2. The van der Waals surface area contributed by atoms with E-state index >= 15 is 0 Å². The molecule has 2 unspecified atom stereocenters. The highest BCUT2D eigenvalue weighted by atomic mass is 35.5. The Hall–Kier alpha value is -3.26. The van der Waals surface area contributed by atoms with Crippen LogP contribution in [0, 0.1) is 15.5 Å². The molecule has 36 heavy (non-hydrogen) atoms. The van der Waals surface area contributed by atoms with Gasteiger partial charge in [0, 0.05) is 54.4 Å². The number of hydrogen-bond acceptors (Lipinski definition) is 6. The summed E-state index contributed by atoms with van der Waals surface area (Å²) in [6, 6.07) is 12.4. The van der Waals surface area contributed by atoms with Crippen LogP contribution in [-0.4, -0.2) is 51.9 Å². The summed E-state index contributed by atoms with van der Waals surface area (Å²) >= 11 is 6.19. The van der Waals surface area contributed by atoms with Crippen LogP contribution in [0.4, 0.5) is 11.4 Å². The number of rotatable bonds is 3. The SMILES string of the molecule is CC12CCC(C(=O)N3CCN(c4cccc(Cl)c4)CC3)(c3nc4cc([N+](=O)[O-])ccc4nc31)C2(C)C. The molecule has 9 heteroatoms. The van der Waals surface area contributed by atoms with E-state index in [2.05, 4.69) is 25.7 Å². The van der Waals surface area contributed by atoms with Gasteiger partial charge in [0.25, 0.3) is 5.69 Å². The molecule has 2 bridgehead atoms. The van der Waals surface area contributed by atoms with E-state index in [4.69, 9.17) is 21.6 Å². The molecule has 3 aromatic rings. The fourth-order valence-corrected chi connectivity index (χ4v) is 6.97. The van der Waals surface area contributed by atoms with E-state index < -0.39 is 15.8 Å². The molecule has 8 nitrogen and oxygen atoms in total. The van der Waals surface area contributed by atoms with Crippen molar-refractivity contribution in [3.63, 3.8) is 0 Å². The van der Waals surface area contributed by atoms with E-state index in [1.54, 1.807) is 6.07 Å². The first-order valence-corrected chi connectivity index (χ1v) is 12.7. The van der Waals surface area contributed by atoms with Crippen LogP contribution in [-0.2, 0) is 15.6 Å². The molecule has 6 rings (SSSR count). The number of amides is 1. The minimum Gasteiger partial charge on any atom is -0.368 e. The van der Waals surface area contributed by atoms with Gasteiger partial charge in [-0.15, -0.1) is 0 Å². The number of nitro benzene ring substituents is 1. The molecule has 1 aromatic heterocycles. The predicted octanol–water partition coefficient (Wildman–Crippen LogP) is 4.87. The molecule has 2 aromatic carbocycles. The van der Waals surface area contributed by atoms with Gasteiger partial charge in [0.15, 0.2) is 0 Å². The second kappa shape index (κ2) is 7.62. The number of anilines is 1. The van der Waals surface area contributed by atoms with Crippen molar-refractivity contribution in [2.45, 2.75) is 44.4 Å². The number of nitro groups is 1. The summed E-state index contributed by atoms with van der Waals surface area (Å²) in [5, 5.41) is 12.1. The average molecular weight is 506 g/mol. The van der Waals surface area contributed by atoms with Crippen LogP contribution >= 0.6 is 11.6 Å². The van der Waals surface area contributed by atoms with E-state index in [9.17, 15) is 14.9 Å². The van der Waals surface area contributed by atoms with Gasteiger partial charge in [0.05, 0.1) is 32.8 Å². The average Bonchev–Trinajstić information content (AvgIpc) is 3.16. The van der Waals surface area contributed by atoms with Crippen molar-refractivity contribution < 1.29 is 9.72 Å². The highest BCUT2D eigenvalue weighted by Gasteiger charge is 2.73. The number of piperazine rings is 1. The number of halogens is 1. The van der Waals surface area contributed by atoms with Crippen molar-refractivity contribution >= 4 is 39.9 Å². The zero-order valence-corrected chi connectivity index (χ0v) is 21.4. The highest BCUT2D eigenvalue weighted by Crippen LogP contribution is 2.70. The number of hydrogen-bond donors (Lipinski definition) is 0. The summed E-state index contributed by atoms with van der Waals surface area (Å²) in [5.41, 5.74) is 2.20. The van der Waals surface area contributed by atoms with E-state index in [0.29, 0.717) is 41.3 Å². The molecule has 2 heterocycles. The zero-order valence-electron chi connectivity index (χ0n) is 20.6. The summed E-state index contributed by atoms with van der Waals surface area (Å²) in [7, 11) is 0. The van der Waals surface area contributed by atoms with E-state index in [0.717, 1.165) is 30.9 Å². The van der Waals surface area contributed by atoms with E-state index in [1.807, 2.05) is 29.2 Å². The molecule has 1 saturated heterocycles. The van der Waals surface area contributed by atoms with E-state index in [-0.39, 0.29) is 17.0 Å². The summed E-state index contributed by atoms with van der Waals surface area (Å²) < 4.78 is 0. The summed E-state index contributed by atoms with van der Waals surface area (Å²) in [4.78, 5) is 39.5. The predicted molar refractivity (Wildman–Crippen MR) is 138 cm³/mol. The maximum atomic E-state index is 14.4. The van der Waals surface area contributed by atoms with Crippen molar-refractivity contribution in [3.05, 3.63) is 69.0 Å². The Kier molecular flexibility index (Phi) is 4.90. The van der Waals surface area contributed by atoms with Crippen LogP contribution in [0.1, 0.15) is 45.0 Å². The molecule has 2 aliphatic carbocycles. The van der Waals surface area contributed by atoms with Gasteiger partial charge in [-0.05, 0) is 42.5 Å². The van der Waals surface area contributed by atoms with Gasteiger partial charge in [-0.25, -0.2) is 9.97 Å². The van der Waals surface area contributed by atoms with Crippen molar-refractivity contribution in [1.82, 2.24) is 14.9 Å². The molecular formula is C27H28ClN5O3. The molecule has 0 radical (unpaired) electrons. The van der Waals surface area contributed by atoms with Gasteiger partial charge < -0.3 is 9.80 Å². The highest BCUT2D eigenvalue weighted by molar-refractivity contribution is 6.30. The molecular weight excluding hydrogens is 478 g/mol. The van der Waals surface area contributed by atoms with Crippen LogP contribution in [0.3, 0.4) is 0 Å². The molecule has 1 aliphatic heterocycles. The van der Waals surface area contributed by atoms with Crippen LogP contribution < -0.4 is 4.90 Å². The number of aromatic nitrogens is 2. The maximum Gasteiger partial charge on any atom is 0.271 e. The Morgan fingerprint density at radius 1 is 0.972 bits per heavy atom. The molecule has 3 aliphatic rings. The number of non-ortho nitro benzene ring substituents is 1. The lowest BCUT2D eigenvalue weighted by Crippen LogP contribution is -2.57. The fourth-order valence-electron chi connectivity index (χ4n) is 6.79. The second-order valence-corrected chi connectivity index (χ2v) is 11.4. The monoisotopic (exact) mass is 505 g/mol. The topological polar surface area (TPSA) is 92.5 Å². The van der Waals surface area contributed by atoms with Crippen molar-refractivity contribution in [2.75, 3.05) is 31.1 Å². The minimum absolute atomic E-state index is 0.0251. The Bertz CT molecular complexity index is 1430. The first kappa shape index (κ1) is 23.2. The number of fused-ring (bicyclic) bond motifs is 6. The Balaban J connectivity index is 1.38. The van der Waals surface area contributed by atoms with Gasteiger partial charge in [0.1, 0.15) is 0 Å². The first-order valence-electron chi connectivity index (χ1n) is 12.4. The van der Waals surface area contributed by atoms with Crippen LogP contribution in [0.25, 0.3) is 11.0 Å². The standard InChI is InChI=1S/C27H28ClN5O3/c1-25(2)26(3)9-10-27(25,23-22(26)29-20-8-7-19(33(35)36)16-21(20)30-23)24(34)32-13-11-31(12-14-32)18-6-4-5-17(28)15-18/h4-8,15-16H,9-14H2,1-3H3. The smallest absolute Gasteiger partial charge is 0.271 e. The first-order chi connectivity index (χ1) is 17.1. The lowest BCUT2D eigenvalue weighted by molar-refractivity contribution is -0.384. The van der Waals surface area contributed by atoms with E-state index in [1.165, 1.54) is 12.1 Å². The number of carbonyl (C=O) groups excluding carboxylic acids is 1. The van der Waals surface area contributed by atoms with Gasteiger partial charge in [0.2, 0.25) is 5.91 Å². The van der Waals surface area contributed by atoms with Gasteiger partial charge >= 0.3 is 0 Å². The fraction of sp³-hybridized carbons (Fsp3) is 0.444. The number of nitrogens with zero attached hydrogens (tertiary/aromatic N) is 5. The Labute approximate surface area is 214 Å².